The molecule has 1 aromatic rings. The molecule has 0 aliphatic carbocycles. The number of nitrogens with zero attached hydrogens (tertiary/aromatic N) is 2. The van der Waals surface area contributed by atoms with E-state index in [2.05, 4.69) is 15.9 Å². The van der Waals surface area contributed by atoms with Crippen LogP contribution < -0.4 is 9.47 Å². The summed E-state index contributed by atoms with van der Waals surface area (Å²) in [5.74, 6) is 0.634. The molecule has 0 saturated carbocycles. The average molecular weight is 327 g/mol. The van der Waals surface area contributed by atoms with Gasteiger partial charge in [0.05, 0.1) is 36.8 Å². The summed E-state index contributed by atoms with van der Waals surface area (Å²) >= 11 is 3.14. The van der Waals surface area contributed by atoms with Gasteiger partial charge in [-0.1, -0.05) is 15.9 Å². The Hall–Kier alpha value is -2.07. The van der Waals surface area contributed by atoms with Crippen molar-refractivity contribution in [1.29, 1.82) is 5.26 Å². The van der Waals surface area contributed by atoms with Crippen molar-refractivity contribution in [1.82, 2.24) is 0 Å². The fraction of sp³-hybridized carbons (Fsp3) is 0.250. The van der Waals surface area contributed by atoms with Gasteiger partial charge in [-0.05, 0) is 12.1 Å². The lowest BCUT2D eigenvalue weighted by molar-refractivity contribution is -0.385. The molecule has 19 heavy (non-hydrogen) atoms. The maximum atomic E-state index is 11.0. The van der Waals surface area contributed by atoms with Crippen LogP contribution in [0.4, 0.5) is 5.69 Å². The summed E-state index contributed by atoms with van der Waals surface area (Å²) in [4.78, 5) is 10.5. The number of nitro groups is 1. The first-order valence-corrected chi connectivity index (χ1v) is 6.26. The number of methoxy groups -OCH3 is 2. The zero-order chi connectivity index (χ0) is 14.4. The number of halogens is 1. The van der Waals surface area contributed by atoms with Gasteiger partial charge in [0, 0.05) is 10.9 Å². The molecular formula is C12H11BrN2O4. The molecule has 0 N–H and O–H groups in total. The molecule has 7 heteroatoms. The number of ether oxygens (including phenoxy) is 2. The van der Waals surface area contributed by atoms with E-state index in [9.17, 15) is 10.1 Å². The van der Waals surface area contributed by atoms with Gasteiger partial charge in [0.1, 0.15) is 0 Å². The smallest absolute Gasteiger partial charge is 0.280 e. The quantitative estimate of drug-likeness (QED) is 0.359. The number of rotatable bonds is 5. The Morgan fingerprint density at radius 1 is 1.47 bits per heavy atom. The Bertz CT molecular complexity index is 564. The normalized spacial score (nSPS) is 10.7. The summed E-state index contributed by atoms with van der Waals surface area (Å²) in [6.07, 6.45) is 1.44. The van der Waals surface area contributed by atoms with Crippen LogP contribution in [-0.2, 0) is 0 Å². The standard InChI is InChI=1S/C12H11BrN2O4/c1-18-11-4-9(3-8(6-13)7-14)10(15(16)17)5-12(11)19-2/h3-5H,6H2,1-2H3/b8-3-. The topological polar surface area (TPSA) is 85.4 Å². The molecule has 0 spiro atoms. The predicted octanol–water partition coefficient (Wildman–Crippen LogP) is 2.91. The van der Waals surface area contributed by atoms with E-state index in [1.54, 1.807) is 0 Å². The van der Waals surface area contributed by atoms with Gasteiger partial charge in [-0.2, -0.15) is 5.26 Å². The van der Waals surface area contributed by atoms with Crippen LogP contribution in [0.1, 0.15) is 5.56 Å². The maximum Gasteiger partial charge on any atom is 0.280 e. The molecule has 0 saturated heterocycles. The highest BCUT2D eigenvalue weighted by Crippen LogP contribution is 2.35. The highest BCUT2D eigenvalue weighted by Gasteiger charge is 2.18. The van der Waals surface area contributed by atoms with Crippen LogP contribution in [0, 0.1) is 21.4 Å². The van der Waals surface area contributed by atoms with E-state index in [-0.39, 0.29) is 11.4 Å². The van der Waals surface area contributed by atoms with E-state index in [1.165, 1.54) is 32.4 Å². The molecule has 0 unspecified atom stereocenters. The van der Waals surface area contributed by atoms with Crippen molar-refractivity contribution in [3.63, 3.8) is 0 Å². The van der Waals surface area contributed by atoms with E-state index in [0.29, 0.717) is 22.2 Å². The first-order valence-electron chi connectivity index (χ1n) is 5.14. The second kappa shape index (κ2) is 6.75. The minimum absolute atomic E-state index is 0.147. The number of nitro benzene ring substituents is 1. The van der Waals surface area contributed by atoms with Crippen LogP contribution in [-0.4, -0.2) is 24.5 Å². The van der Waals surface area contributed by atoms with Crippen molar-refractivity contribution in [3.05, 3.63) is 33.4 Å². The maximum absolute atomic E-state index is 11.0. The third-order valence-electron chi connectivity index (χ3n) is 2.35. The number of alkyl halides is 1. The van der Waals surface area contributed by atoms with Crippen LogP contribution in [0.25, 0.3) is 6.08 Å². The van der Waals surface area contributed by atoms with Crippen molar-refractivity contribution in [3.8, 4) is 17.6 Å². The van der Waals surface area contributed by atoms with Gasteiger partial charge in [-0.3, -0.25) is 10.1 Å². The molecule has 0 aromatic heterocycles. The van der Waals surface area contributed by atoms with Gasteiger partial charge >= 0.3 is 0 Å². The Balaban J connectivity index is 3.49. The first kappa shape index (κ1) is 15.0. The Kier molecular flexibility index (Phi) is 5.33. The second-order valence-electron chi connectivity index (χ2n) is 3.44. The van der Waals surface area contributed by atoms with Crippen molar-refractivity contribution in [2.75, 3.05) is 19.5 Å². The van der Waals surface area contributed by atoms with Crippen LogP contribution >= 0.6 is 15.9 Å². The average Bonchev–Trinajstić information content (AvgIpc) is 2.43. The Morgan fingerprint density at radius 3 is 2.47 bits per heavy atom. The van der Waals surface area contributed by atoms with E-state index in [1.807, 2.05) is 6.07 Å². The molecule has 1 aromatic carbocycles. The molecular weight excluding hydrogens is 316 g/mol. The molecule has 0 radical (unpaired) electrons. The van der Waals surface area contributed by atoms with Gasteiger partial charge in [-0.25, -0.2) is 0 Å². The zero-order valence-corrected chi connectivity index (χ0v) is 11.9. The lowest BCUT2D eigenvalue weighted by Crippen LogP contribution is -1.97. The molecule has 0 amide bonds. The van der Waals surface area contributed by atoms with Crippen molar-refractivity contribution < 1.29 is 14.4 Å². The van der Waals surface area contributed by atoms with Crippen LogP contribution in [0.3, 0.4) is 0 Å². The van der Waals surface area contributed by atoms with Crippen LogP contribution in [0.2, 0.25) is 0 Å². The highest BCUT2D eigenvalue weighted by molar-refractivity contribution is 9.09. The molecule has 0 atom stereocenters. The lowest BCUT2D eigenvalue weighted by Gasteiger charge is -2.08. The molecule has 1 rings (SSSR count). The number of benzene rings is 1. The zero-order valence-electron chi connectivity index (χ0n) is 10.3. The van der Waals surface area contributed by atoms with Crippen LogP contribution in [0.5, 0.6) is 11.5 Å². The fourth-order valence-corrected chi connectivity index (χ4v) is 1.73. The number of allylic oxidation sites excluding steroid dienone is 1. The van der Waals surface area contributed by atoms with Crippen molar-refractivity contribution in [2.45, 2.75) is 0 Å². The summed E-state index contributed by atoms with van der Waals surface area (Å²) in [5, 5.41) is 20.2. The van der Waals surface area contributed by atoms with Gasteiger partial charge in [0.15, 0.2) is 11.5 Å². The van der Waals surface area contributed by atoms with Gasteiger partial charge in [0.2, 0.25) is 0 Å². The van der Waals surface area contributed by atoms with E-state index in [0.717, 1.165) is 0 Å². The van der Waals surface area contributed by atoms with Gasteiger partial charge in [0.25, 0.3) is 5.69 Å². The van der Waals surface area contributed by atoms with Crippen LogP contribution in [0.15, 0.2) is 17.7 Å². The summed E-state index contributed by atoms with van der Waals surface area (Å²) in [6.45, 7) is 0. The molecule has 0 aliphatic rings. The van der Waals surface area contributed by atoms with Crippen molar-refractivity contribution >= 4 is 27.7 Å². The number of hydrogen-bond donors (Lipinski definition) is 0. The second-order valence-corrected chi connectivity index (χ2v) is 4.00. The Labute approximate surface area is 118 Å². The fourth-order valence-electron chi connectivity index (χ4n) is 1.45. The minimum Gasteiger partial charge on any atom is -0.493 e. The van der Waals surface area contributed by atoms with Gasteiger partial charge < -0.3 is 9.47 Å². The molecule has 100 valence electrons. The lowest BCUT2D eigenvalue weighted by atomic mass is 10.1. The first-order chi connectivity index (χ1) is 9.07. The summed E-state index contributed by atoms with van der Waals surface area (Å²) in [5.41, 5.74) is 0.514. The highest BCUT2D eigenvalue weighted by atomic mass is 79.9. The SMILES string of the molecule is COc1cc(/C=C(\C#N)CBr)c([N+](=O)[O-])cc1OC. The molecule has 0 aliphatic heterocycles. The monoisotopic (exact) mass is 326 g/mol. The minimum atomic E-state index is -0.531. The largest absolute Gasteiger partial charge is 0.493 e. The molecule has 0 bridgehead atoms. The van der Waals surface area contributed by atoms with E-state index >= 15 is 0 Å². The molecule has 0 fully saturated rings. The summed E-state index contributed by atoms with van der Waals surface area (Å²) in [7, 11) is 2.84. The number of hydrogen-bond acceptors (Lipinski definition) is 5. The third-order valence-corrected chi connectivity index (χ3v) is 2.95. The van der Waals surface area contributed by atoms with Crippen molar-refractivity contribution in [2.24, 2.45) is 0 Å². The third kappa shape index (κ3) is 3.45. The summed E-state index contributed by atoms with van der Waals surface area (Å²) in [6, 6.07) is 4.69. The van der Waals surface area contributed by atoms with E-state index < -0.39 is 4.92 Å². The summed E-state index contributed by atoms with van der Waals surface area (Å²) < 4.78 is 10.1. The molecule has 6 nitrogen and oxygen atoms in total. The predicted molar refractivity (Wildman–Crippen MR) is 73.6 cm³/mol. The molecule has 0 heterocycles. The van der Waals surface area contributed by atoms with Gasteiger partial charge in [-0.15, -0.1) is 0 Å². The van der Waals surface area contributed by atoms with E-state index in [4.69, 9.17) is 14.7 Å². The Morgan fingerprint density at radius 2 is 2.05 bits per heavy atom. The number of nitriles is 1.